The van der Waals surface area contributed by atoms with Crippen LogP contribution in [0.15, 0.2) is 115 Å². The lowest BCUT2D eigenvalue weighted by Gasteiger charge is -2.11. The number of hydrogen-bond acceptors (Lipinski definition) is 2. The Kier molecular flexibility index (Phi) is 5.82. The van der Waals surface area contributed by atoms with Gasteiger partial charge in [0.25, 0.3) is 0 Å². The molecule has 0 saturated carbocycles. The van der Waals surface area contributed by atoms with Gasteiger partial charge < -0.3 is 0 Å². The van der Waals surface area contributed by atoms with Gasteiger partial charge in [-0.15, -0.1) is 0 Å². The summed E-state index contributed by atoms with van der Waals surface area (Å²) in [6.07, 6.45) is 0. The van der Waals surface area contributed by atoms with Gasteiger partial charge in [0.1, 0.15) is 0 Å². The number of rotatable bonds is 5. The zero-order valence-corrected chi connectivity index (χ0v) is 18.9. The number of nitrogens with zero attached hydrogens (tertiary/aromatic N) is 2. The average Bonchev–Trinajstić information content (AvgIpc) is 2.89. The molecular weight excluding hydrogens is 400 g/mol. The Morgan fingerprint density at radius 3 is 1.64 bits per heavy atom. The maximum absolute atomic E-state index is 4.97. The van der Waals surface area contributed by atoms with Crippen molar-refractivity contribution >= 4 is 0 Å². The molecule has 0 atom stereocenters. The Balaban J connectivity index is 1.63. The van der Waals surface area contributed by atoms with Gasteiger partial charge in [0, 0.05) is 16.7 Å². The van der Waals surface area contributed by atoms with Gasteiger partial charge >= 0.3 is 0 Å². The molecular formula is C31H26N2. The van der Waals surface area contributed by atoms with Crippen molar-refractivity contribution in [1.29, 1.82) is 0 Å². The summed E-state index contributed by atoms with van der Waals surface area (Å²) in [7, 11) is 0. The van der Waals surface area contributed by atoms with Crippen LogP contribution in [0.2, 0.25) is 0 Å². The molecule has 0 radical (unpaired) electrons. The summed E-state index contributed by atoms with van der Waals surface area (Å²) in [4.78, 5) is 9.87. The topological polar surface area (TPSA) is 25.8 Å². The summed E-state index contributed by atoms with van der Waals surface area (Å²) >= 11 is 0. The Morgan fingerprint density at radius 1 is 0.455 bits per heavy atom. The lowest BCUT2D eigenvalue weighted by molar-refractivity contribution is 0.867. The molecule has 2 nitrogen and oxygen atoms in total. The number of aromatic nitrogens is 2. The van der Waals surface area contributed by atoms with E-state index in [2.05, 4.69) is 92.7 Å². The quantitative estimate of drug-likeness (QED) is 0.283. The fourth-order valence-electron chi connectivity index (χ4n) is 4.00. The minimum Gasteiger partial charge on any atom is -0.228 e. The van der Waals surface area contributed by atoms with Crippen molar-refractivity contribution < 1.29 is 0 Å². The molecule has 5 rings (SSSR count). The zero-order chi connectivity index (χ0) is 22.6. The second-order valence-electron chi connectivity index (χ2n) is 8.56. The molecule has 0 unspecified atom stereocenters. The van der Waals surface area contributed by atoms with Crippen molar-refractivity contribution in [2.24, 2.45) is 0 Å². The molecule has 1 heterocycles. The standard InChI is InChI=1S/C31H26N2/c1-22(2)25-15-9-16-26(19-25)27-17-10-18-28(20-27)30-21-29(23-11-5-3-6-12-23)32-31(33-30)24-13-7-4-8-14-24/h3-22H,1-2H3. The minimum absolute atomic E-state index is 0.497. The van der Waals surface area contributed by atoms with Gasteiger partial charge in [-0.3, -0.25) is 0 Å². The molecule has 0 fully saturated rings. The number of benzene rings is 4. The van der Waals surface area contributed by atoms with Gasteiger partial charge in [0.05, 0.1) is 11.4 Å². The van der Waals surface area contributed by atoms with Crippen LogP contribution in [-0.2, 0) is 0 Å². The van der Waals surface area contributed by atoms with Crippen molar-refractivity contribution in [1.82, 2.24) is 9.97 Å². The number of hydrogen-bond donors (Lipinski definition) is 0. The lowest BCUT2D eigenvalue weighted by atomic mass is 9.96. The predicted octanol–water partition coefficient (Wildman–Crippen LogP) is 8.27. The van der Waals surface area contributed by atoms with Gasteiger partial charge in [-0.25, -0.2) is 9.97 Å². The van der Waals surface area contributed by atoms with E-state index in [4.69, 9.17) is 9.97 Å². The molecule has 0 aliphatic heterocycles. The van der Waals surface area contributed by atoms with Crippen LogP contribution in [0.1, 0.15) is 25.3 Å². The first-order valence-corrected chi connectivity index (χ1v) is 11.4. The van der Waals surface area contributed by atoms with Crippen LogP contribution < -0.4 is 0 Å². The van der Waals surface area contributed by atoms with E-state index in [1.54, 1.807) is 0 Å². The van der Waals surface area contributed by atoms with Gasteiger partial charge in [0.2, 0.25) is 0 Å². The van der Waals surface area contributed by atoms with Crippen LogP contribution >= 0.6 is 0 Å². The van der Waals surface area contributed by atoms with E-state index in [1.807, 2.05) is 36.4 Å². The van der Waals surface area contributed by atoms with Crippen LogP contribution in [0.3, 0.4) is 0 Å². The van der Waals surface area contributed by atoms with Crippen LogP contribution in [0.25, 0.3) is 45.0 Å². The monoisotopic (exact) mass is 426 g/mol. The van der Waals surface area contributed by atoms with E-state index in [9.17, 15) is 0 Å². The van der Waals surface area contributed by atoms with Crippen LogP contribution in [0.4, 0.5) is 0 Å². The van der Waals surface area contributed by atoms with Gasteiger partial charge in [-0.2, -0.15) is 0 Å². The highest BCUT2D eigenvalue weighted by molar-refractivity contribution is 5.75. The Labute approximate surface area is 195 Å². The van der Waals surface area contributed by atoms with Crippen LogP contribution in [0.5, 0.6) is 0 Å². The minimum atomic E-state index is 0.497. The molecule has 4 aromatic carbocycles. The highest BCUT2D eigenvalue weighted by Gasteiger charge is 2.11. The molecule has 33 heavy (non-hydrogen) atoms. The van der Waals surface area contributed by atoms with Crippen molar-refractivity contribution in [3.8, 4) is 45.0 Å². The van der Waals surface area contributed by atoms with Crippen molar-refractivity contribution in [2.45, 2.75) is 19.8 Å². The van der Waals surface area contributed by atoms with E-state index < -0.39 is 0 Å². The SMILES string of the molecule is CC(C)c1cccc(-c2cccc(-c3cc(-c4ccccc4)nc(-c4ccccc4)n3)c2)c1. The first-order valence-electron chi connectivity index (χ1n) is 11.4. The molecule has 5 aromatic rings. The summed E-state index contributed by atoms with van der Waals surface area (Å²) in [5.74, 6) is 1.23. The average molecular weight is 427 g/mol. The summed E-state index contributed by atoms with van der Waals surface area (Å²) < 4.78 is 0. The molecule has 0 spiro atoms. The third-order valence-corrected chi connectivity index (χ3v) is 5.87. The molecule has 1 aromatic heterocycles. The zero-order valence-electron chi connectivity index (χ0n) is 18.9. The molecule has 0 N–H and O–H groups in total. The molecule has 0 aliphatic carbocycles. The van der Waals surface area contributed by atoms with Crippen molar-refractivity contribution in [3.63, 3.8) is 0 Å². The third kappa shape index (κ3) is 4.61. The molecule has 0 bridgehead atoms. The largest absolute Gasteiger partial charge is 0.228 e. The normalized spacial score (nSPS) is 11.0. The van der Waals surface area contributed by atoms with E-state index in [0.717, 1.165) is 33.9 Å². The fraction of sp³-hybridized carbons (Fsp3) is 0.0968. The smallest absolute Gasteiger partial charge is 0.160 e. The molecule has 0 aliphatic rings. The van der Waals surface area contributed by atoms with E-state index in [-0.39, 0.29) is 0 Å². The summed E-state index contributed by atoms with van der Waals surface area (Å²) in [6, 6.07) is 40.0. The fourth-order valence-corrected chi connectivity index (χ4v) is 4.00. The van der Waals surface area contributed by atoms with Crippen molar-refractivity contribution in [3.05, 3.63) is 121 Å². The Hall–Kier alpha value is -4.04. The van der Waals surface area contributed by atoms with Gasteiger partial charge in [-0.1, -0.05) is 117 Å². The molecule has 160 valence electrons. The second kappa shape index (κ2) is 9.22. The second-order valence-corrected chi connectivity index (χ2v) is 8.56. The van der Waals surface area contributed by atoms with E-state index in [1.165, 1.54) is 16.7 Å². The summed E-state index contributed by atoms with van der Waals surface area (Å²) in [5, 5.41) is 0. The molecule has 2 heteroatoms. The predicted molar refractivity (Wildman–Crippen MR) is 138 cm³/mol. The first kappa shape index (κ1) is 20.8. The lowest BCUT2D eigenvalue weighted by Crippen LogP contribution is -1.96. The van der Waals surface area contributed by atoms with Gasteiger partial charge in [0.15, 0.2) is 5.82 Å². The highest BCUT2D eigenvalue weighted by Crippen LogP contribution is 2.31. The first-order chi connectivity index (χ1) is 16.2. The van der Waals surface area contributed by atoms with Crippen LogP contribution in [0, 0.1) is 0 Å². The maximum Gasteiger partial charge on any atom is 0.160 e. The maximum atomic E-state index is 4.97. The summed E-state index contributed by atoms with van der Waals surface area (Å²) in [6.45, 7) is 4.46. The van der Waals surface area contributed by atoms with Crippen LogP contribution in [-0.4, -0.2) is 9.97 Å². The highest BCUT2D eigenvalue weighted by atomic mass is 14.9. The Bertz CT molecular complexity index is 1320. The van der Waals surface area contributed by atoms with E-state index >= 15 is 0 Å². The van der Waals surface area contributed by atoms with E-state index in [0.29, 0.717) is 5.92 Å². The molecule has 0 saturated heterocycles. The summed E-state index contributed by atoms with van der Waals surface area (Å²) in [5.41, 5.74) is 8.78. The van der Waals surface area contributed by atoms with Crippen molar-refractivity contribution in [2.75, 3.05) is 0 Å². The third-order valence-electron chi connectivity index (χ3n) is 5.87. The molecule has 0 amide bonds. The van der Waals surface area contributed by atoms with Gasteiger partial charge in [-0.05, 0) is 34.7 Å². The Morgan fingerprint density at radius 2 is 0.970 bits per heavy atom.